The third kappa shape index (κ3) is 4.67. The maximum atomic E-state index is 13.1. The summed E-state index contributed by atoms with van der Waals surface area (Å²) >= 11 is 0. The van der Waals surface area contributed by atoms with Crippen LogP contribution in [0, 0.1) is 5.41 Å². The van der Waals surface area contributed by atoms with Gasteiger partial charge < -0.3 is 14.2 Å². The molecule has 1 heterocycles. The molecule has 6 nitrogen and oxygen atoms in total. The van der Waals surface area contributed by atoms with Crippen LogP contribution in [0.2, 0.25) is 0 Å². The van der Waals surface area contributed by atoms with Crippen LogP contribution >= 0.6 is 0 Å². The van der Waals surface area contributed by atoms with Crippen molar-refractivity contribution in [2.45, 2.75) is 25.7 Å². The molecule has 36 heavy (non-hydrogen) atoms. The topological polar surface area (TPSA) is 74.7 Å². The highest BCUT2D eigenvalue weighted by molar-refractivity contribution is 6.10. The zero-order valence-electron chi connectivity index (χ0n) is 20.3. The Kier molecular flexibility index (Phi) is 6.42. The van der Waals surface area contributed by atoms with Gasteiger partial charge in [0.2, 0.25) is 0 Å². The van der Waals surface area contributed by atoms with Crippen LogP contribution in [0.15, 0.2) is 79.0 Å². The number of Topliss-reactive ketones (excluding diaryl/α,β-unsaturated/α-hetero) is 2. The first-order chi connectivity index (χ1) is 17.5. The molecule has 0 amide bonds. The Labute approximate surface area is 209 Å². The number of fused-ring (bicyclic) bond motifs is 1. The Bertz CT molecular complexity index is 1410. The maximum absolute atomic E-state index is 13.1. The van der Waals surface area contributed by atoms with E-state index in [1.54, 1.807) is 26.5 Å². The molecule has 0 bridgehead atoms. The van der Waals surface area contributed by atoms with Crippen molar-refractivity contribution in [2.75, 3.05) is 14.2 Å². The van der Waals surface area contributed by atoms with Gasteiger partial charge in [0.25, 0.3) is 0 Å². The number of methoxy groups -OCH3 is 2. The number of aromatic nitrogens is 1. The van der Waals surface area contributed by atoms with Crippen molar-refractivity contribution in [3.05, 3.63) is 90.1 Å². The smallest absolute Gasteiger partial charge is 0.162 e. The molecule has 0 atom stereocenters. The zero-order chi connectivity index (χ0) is 25.1. The Morgan fingerprint density at radius 3 is 2.00 bits per heavy atom. The molecule has 1 aromatic heterocycles. The standard InChI is InChI=1S/C30H27NO5/c1-34-26-18-23-24(19-27(26)35-2)31-15-12-25(23)36-22-10-8-21(9-11-22)17-29(33)30(13-14-30)28(32)16-20-6-4-3-5-7-20/h3-12,15,18-19H,13-14,16-17H2,1-2H3. The van der Waals surface area contributed by atoms with E-state index in [2.05, 4.69) is 4.98 Å². The number of carbonyl (C=O) groups is 2. The average molecular weight is 482 g/mol. The van der Waals surface area contributed by atoms with E-state index in [1.807, 2.05) is 66.7 Å². The largest absolute Gasteiger partial charge is 0.493 e. The van der Waals surface area contributed by atoms with E-state index >= 15 is 0 Å². The highest BCUT2D eigenvalue weighted by atomic mass is 16.5. The molecule has 1 saturated carbocycles. The first-order valence-corrected chi connectivity index (χ1v) is 11.9. The summed E-state index contributed by atoms with van der Waals surface area (Å²) in [5.41, 5.74) is 1.71. The zero-order valence-corrected chi connectivity index (χ0v) is 20.3. The normalized spacial score (nSPS) is 13.7. The lowest BCUT2D eigenvalue weighted by Crippen LogP contribution is -2.28. The van der Waals surface area contributed by atoms with Gasteiger partial charge >= 0.3 is 0 Å². The maximum Gasteiger partial charge on any atom is 0.162 e. The number of rotatable bonds is 10. The van der Waals surface area contributed by atoms with Gasteiger partial charge in [-0.05, 0) is 48.2 Å². The Morgan fingerprint density at radius 1 is 0.778 bits per heavy atom. The minimum absolute atomic E-state index is 0.00160. The lowest BCUT2D eigenvalue weighted by atomic mass is 9.88. The van der Waals surface area contributed by atoms with Crippen molar-refractivity contribution < 1.29 is 23.8 Å². The van der Waals surface area contributed by atoms with E-state index in [1.165, 1.54) is 0 Å². The van der Waals surface area contributed by atoms with E-state index in [-0.39, 0.29) is 18.0 Å². The lowest BCUT2D eigenvalue weighted by Gasteiger charge is -2.14. The fourth-order valence-electron chi connectivity index (χ4n) is 4.48. The van der Waals surface area contributed by atoms with E-state index < -0.39 is 5.41 Å². The highest BCUT2D eigenvalue weighted by Crippen LogP contribution is 2.49. The summed E-state index contributed by atoms with van der Waals surface area (Å²) in [7, 11) is 3.17. The predicted molar refractivity (Wildman–Crippen MR) is 137 cm³/mol. The molecule has 0 spiro atoms. The summed E-state index contributed by atoms with van der Waals surface area (Å²) in [4.78, 5) is 30.4. The van der Waals surface area contributed by atoms with Crippen LogP contribution in [-0.2, 0) is 22.4 Å². The summed E-state index contributed by atoms with van der Waals surface area (Å²) in [6.45, 7) is 0. The number of carbonyl (C=O) groups excluding carboxylic acids is 2. The Morgan fingerprint density at radius 2 is 1.39 bits per heavy atom. The first kappa shape index (κ1) is 23.5. The van der Waals surface area contributed by atoms with Crippen LogP contribution in [0.5, 0.6) is 23.0 Å². The number of hydrogen-bond donors (Lipinski definition) is 0. The average Bonchev–Trinajstić information content (AvgIpc) is 3.72. The fourth-order valence-corrected chi connectivity index (χ4v) is 4.48. The number of ether oxygens (including phenoxy) is 3. The monoisotopic (exact) mass is 481 g/mol. The van der Waals surface area contributed by atoms with Gasteiger partial charge in [-0.2, -0.15) is 0 Å². The van der Waals surface area contributed by atoms with Crippen LogP contribution in [-0.4, -0.2) is 30.8 Å². The molecule has 5 rings (SSSR count). The molecule has 3 aromatic carbocycles. The van der Waals surface area contributed by atoms with Crippen molar-refractivity contribution in [3.63, 3.8) is 0 Å². The van der Waals surface area contributed by atoms with Crippen molar-refractivity contribution in [1.29, 1.82) is 0 Å². The number of pyridine rings is 1. The summed E-state index contributed by atoms with van der Waals surface area (Å²) < 4.78 is 16.9. The van der Waals surface area contributed by atoms with E-state index in [0.29, 0.717) is 42.3 Å². The molecule has 6 heteroatoms. The number of ketones is 2. The van der Waals surface area contributed by atoms with Gasteiger partial charge in [0.1, 0.15) is 11.5 Å². The van der Waals surface area contributed by atoms with E-state index in [9.17, 15) is 9.59 Å². The molecular weight excluding hydrogens is 454 g/mol. The van der Waals surface area contributed by atoms with Crippen molar-refractivity contribution >= 4 is 22.5 Å². The van der Waals surface area contributed by atoms with Gasteiger partial charge in [0.05, 0.1) is 25.2 Å². The van der Waals surface area contributed by atoms with Gasteiger partial charge in [0.15, 0.2) is 23.1 Å². The number of nitrogens with zero attached hydrogens (tertiary/aromatic N) is 1. The molecule has 4 aromatic rings. The van der Waals surface area contributed by atoms with Crippen molar-refractivity contribution in [1.82, 2.24) is 4.98 Å². The third-order valence-electron chi connectivity index (χ3n) is 6.75. The van der Waals surface area contributed by atoms with Gasteiger partial charge in [-0.3, -0.25) is 14.6 Å². The highest BCUT2D eigenvalue weighted by Gasteiger charge is 2.54. The molecule has 0 unspecified atom stereocenters. The van der Waals surface area contributed by atoms with Gasteiger partial charge in [0, 0.05) is 30.5 Å². The number of benzene rings is 3. The summed E-state index contributed by atoms with van der Waals surface area (Å²) in [6.07, 6.45) is 3.49. The molecule has 1 aliphatic rings. The molecular formula is C30H27NO5. The minimum Gasteiger partial charge on any atom is -0.493 e. The predicted octanol–water partition coefficient (Wildman–Crippen LogP) is 5.75. The fraction of sp³-hybridized carbons (Fsp3) is 0.233. The van der Waals surface area contributed by atoms with Crippen molar-refractivity contribution in [3.8, 4) is 23.0 Å². The van der Waals surface area contributed by atoms with Crippen molar-refractivity contribution in [2.24, 2.45) is 5.41 Å². The van der Waals surface area contributed by atoms with Crippen LogP contribution in [0.25, 0.3) is 10.9 Å². The van der Waals surface area contributed by atoms with E-state index in [4.69, 9.17) is 14.2 Å². The van der Waals surface area contributed by atoms with Gasteiger partial charge in [-0.25, -0.2) is 0 Å². The summed E-state index contributed by atoms with van der Waals surface area (Å²) in [5.74, 6) is 2.48. The lowest BCUT2D eigenvalue weighted by molar-refractivity contribution is -0.133. The summed E-state index contributed by atoms with van der Waals surface area (Å²) in [6, 6.07) is 22.5. The SMILES string of the molecule is COc1cc2nccc(Oc3ccc(CC(=O)C4(C(=O)Cc5ccccc5)CC4)cc3)c2cc1OC. The molecule has 1 aliphatic carbocycles. The van der Waals surface area contributed by atoms with Gasteiger partial charge in [-0.15, -0.1) is 0 Å². The van der Waals surface area contributed by atoms with Crippen LogP contribution in [0.4, 0.5) is 0 Å². The molecule has 1 fully saturated rings. The molecule has 0 saturated heterocycles. The Balaban J connectivity index is 1.28. The van der Waals surface area contributed by atoms with E-state index in [0.717, 1.165) is 22.0 Å². The molecule has 0 aliphatic heterocycles. The first-order valence-electron chi connectivity index (χ1n) is 11.9. The molecule has 182 valence electrons. The van der Waals surface area contributed by atoms with Crippen LogP contribution in [0.3, 0.4) is 0 Å². The second-order valence-electron chi connectivity index (χ2n) is 9.05. The molecule has 0 radical (unpaired) electrons. The minimum atomic E-state index is -0.818. The second-order valence-corrected chi connectivity index (χ2v) is 9.05. The Hall–Kier alpha value is -4.19. The second kappa shape index (κ2) is 9.82. The van der Waals surface area contributed by atoms with Gasteiger partial charge in [-0.1, -0.05) is 42.5 Å². The third-order valence-corrected chi connectivity index (χ3v) is 6.75. The quantitative estimate of drug-likeness (QED) is 0.269. The summed E-state index contributed by atoms with van der Waals surface area (Å²) in [5, 5.41) is 0.794. The van der Waals surface area contributed by atoms with Crippen LogP contribution < -0.4 is 14.2 Å². The number of hydrogen-bond acceptors (Lipinski definition) is 6. The molecule has 0 N–H and O–H groups in total. The van der Waals surface area contributed by atoms with Crippen LogP contribution in [0.1, 0.15) is 24.0 Å².